The van der Waals surface area contributed by atoms with E-state index in [0.29, 0.717) is 0 Å². The van der Waals surface area contributed by atoms with E-state index in [0.717, 1.165) is 11.3 Å². The Morgan fingerprint density at radius 1 is 1.40 bits per heavy atom. The van der Waals surface area contributed by atoms with E-state index in [4.69, 9.17) is 5.84 Å². The summed E-state index contributed by atoms with van der Waals surface area (Å²) in [5.74, 6) is 5.40. The van der Waals surface area contributed by atoms with Gasteiger partial charge in [-0.05, 0) is 24.6 Å². The van der Waals surface area contributed by atoms with Gasteiger partial charge in [0, 0.05) is 12.7 Å². The molecule has 0 amide bonds. The van der Waals surface area contributed by atoms with E-state index in [1.165, 1.54) is 6.33 Å². The molecule has 0 aliphatic rings. The predicted molar refractivity (Wildman–Crippen MR) is 75.7 cm³/mol. The maximum Gasteiger partial charge on any atom is 0.355 e. The molecule has 1 aromatic heterocycles. The molecule has 0 aliphatic heterocycles. The minimum absolute atomic E-state index is 0.0282. The summed E-state index contributed by atoms with van der Waals surface area (Å²) >= 11 is 0. The Hall–Kier alpha value is -2.74. The maximum absolute atomic E-state index is 11.2. The molecule has 2 rings (SSSR count). The zero-order valence-electron chi connectivity index (χ0n) is 11.1. The van der Waals surface area contributed by atoms with Gasteiger partial charge in [-0.25, -0.2) is 15.8 Å². The summed E-state index contributed by atoms with van der Waals surface area (Å²) in [6, 6.07) is 7.56. The Balaban J connectivity index is 2.54. The molecule has 0 radical (unpaired) electrons. The van der Waals surface area contributed by atoms with Crippen LogP contribution >= 0.6 is 0 Å². The summed E-state index contributed by atoms with van der Waals surface area (Å²) in [5.41, 5.74) is 3.78. The summed E-state index contributed by atoms with van der Waals surface area (Å²) in [7, 11) is 1.70. The molecule has 0 aliphatic carbocycles. The fourth-order valence-corrected chi connectivity index (χ4v) is 1.85. The molecule has 0 fully saturated rings. The van der Waals surface area contributed by atoms with Crippen molar-refractivity contribution in [1.82, 2.24) is 9.97 Å². The molecule has 0 unspecified atom stereocenters. The van der Waals surface area contributed by atoms with Crippen LogP contribution in [0.25, 0.3) is 0 Å². The molecule has 20 heavy (non-hydrogen) atoms. The molecule has 2 aromatic rings. The molecule has 1 heterocycles. The molecule has 0 atom stereocenters. The van der Waals surface area contributed by atoms with Crippen LogP contribution in [-0.4, -0.2) is 21.9 Å². The Morgan fingerprint density at radius 2 is 2.15 bits per heavy atom. The van der Waals surface area contributed by atoms with Gasteiger partial charge in [-0.2, -0.15) is 0 Å². The van der Waals surface area contributed by atoms with E-state index in [1.807, 2.05) is 31.2 Å². The number of aryl methyl sites for hydroxylation is 1. The second kappa shape index (κ2) is 5.49. The summed E-state index contributed by atoms with van der Waals surface area (Å²) < 4.78 is 0. The number of rotatable bonds is 4. The van der Waals surface area contributed by atoms with Crippen LogP contribution in [0.5, 0.6) is 0 Å². The van der Waals surface area contributed by atoms with Gasteiger partial charge in [-0.3, -0.25) is 10.1 Å². The highest BCUT2D eigenvalue weighted by Gasteiger charge is 2.25. The fourth-order valence-electron chi connectivity index (χ4n) is 1.85. The Morgan fingerprint density at radius 3 is 2.75 bits per heavy atom. The van der Waals surface area contributed by atoms with Crippen LogP contribution in [0.1, 0.15) is 5.56 Å². The molecule has 104 valence electrons. The van der Waals surface area contributed by atoms with Gasteiger partial charge in [-0.1, -0.05) is 12.1 Å². The summed E-state index contributed by atoms with van der Waals surface area (Å²) in [4.78, 5) is 20.0. The lowest BCUT2D eigenvalue weighted by Gasteiger charge is -2.19. The number of anilines is 3. The van der Waals surface area contributed by atoms with Crippen LogP contribution < -0.4 is 16.2 Å². The lowest BCUT2D eigenvalue weighted by Crippen LogP contribution is -2.17. The standard InChI is InChI=1S/C12H14N6O2/c1-8-4-3-5-9(6-8)17(2)12-10(18(19)20)11(16-13)14-7-15-12/h3-7H,13H2,1-2H3,(H,14,15,16). The van der Waals surface area contributed by atoms with E-state index in [9.17, 15) is 10.1 Å². The molecule has 0 saturated heterocycles. The topological polar surface area (TPSA) is 110 Å². The van der Waals surface area contributed by atoms with Gasteiger partial charge in [0.1, 0.15) is 6.33 Å². The number of nitrogen functional groups attached to an aromatic ring is 1. The minimum Gasteiger partial charge on any atom is -0.324 e. The molecule has 0 bridgehead atoms. The van der Waals surface area contributed by atoms with Crippen molar-refractivity contribution in [2.75, 3.05) is 17.4 Å². The first-order valence-electron chi connectivity index (χ1n) is 5.81. The smallest absolute Gasteiger partial charge is 0.324 e. The second-order valence-electron chi connectivity index (χ2n) is 4.19. The molecular weight excluding hydrogens is 260 g/mol. The van der Waals surface area contributed by atoms with Gasteiger partial charge in [0.15, 0.2) is 0 Å². The molecule has 8 nitrogen and oxygen atoms in total. The third kappa shape index (κ3) is 2.50. The maximum atomic E-state index is 11.2. The van der Waals surface area contributed by atoms with Crippen molar-refractivity contribution in [3.8, 4) is 0 Å². The largest absolute Gasteiger partial charge is 0.355 e. The third-order valence-corrected chi connectivity index (χ3v) is 2.83. The molecule has 1 aromatic carbocycles. The van der Waals surface area contributed by atoms with Crippen molar-refractivity contribution < 1.29 is 4.92 Å². The highest BCUT2D eigenvalue weighted by atomic mass is 16.6. The summed E-state index contributed by atoms with van der Waals surface area (Å²) in [6.45, 7) is 1.94. The number of nitrogens with one attached hydrogen (secondary N) is 1. The van der Waals surface area contributed by atoms with Crippen LogP contribution in [0.15, 0.2) is 30.6 Å². The first-order valence-corrected chi connectivity index (χ1v) is 5.81. The number of hydrogen-bond acceptors (Lipinski definition) is 7. The lowest BCUT2D eigenvalue weighted by atomic mass is 10.2. The van der Waals surface area contributed by atoms with E-state index in [-0.39, 0.29) is 17.3 Å². The average Bonchev–Trinajstić information content (AvgIpc) is 2.45. The summed E-state index contributed by atoms with van der Waals surface area (Å²) in [6.07, 6.45) is 1.23. The van der Waals surface area contributed by atoms with Gasteiger partial charge < -0.3 is 10.3 Å². The third-order valence-electron chi connectivity index (χ3n) is 2.83. The predicted octanol–water partition coefficient (Wildman–Crippen LogP) is 1.75. The van der Waals surface area contributed by atoms with Gasteiger partial charge in [-0.15, -0.1) is 0 Å². The first kappa shape index (κ1) is 13.7. The summed E-state index contributed by atoms with van der Waals surface area (Å²) in [5, 5.41) is 11.2. The Labute approximate surface area is 115 Å². The Bertz CT molecular complexity index is 646. The number of hydrazine groups is 1. The van der Waals surface area contributed by atoms with Crippen molar-refractivity contribution in [1.29, 1.82) is 0 Å². The van der Waals surface area contributed by atoms with E-state index >= 15 is 0 Å². The normalized spacial score (nSPS) is 10.2. The average molecular weight is 274 g/mol. The van der Waals surface area contributed by atoms with Crippen molar-refractivity contribution >= 4 is 23.0 Å². The van der Waals surface area contributed by atoms with Crippen molar-refractivity contribution in [3.63, 3.8) is 0 Å². The van der Waals surface area contributed by atoms with Crippen LogP contribution in [0.3, 0.4) is 0 Å². The number of nitrogens with zero attached hydrogens (tertiary/aromatic N) is 4. The van der Waals surface area contributed by atoms with E-state index in [1.54, 1.807) is 11.9 Å². The molecule has 3 N–H and O–H groups in total. The number of nitro groups is 1. The molecule has 8 heteroatoms. The van der Waals surface area contributed by atoms with Gasteiger partial charge in [0.25, 0.3) is 0 Å². The molecule has 0 saturated carbocycles. The zero-order chi connectivity index (χ0) is 14.7. The monoisotopic (exact) mass is 274 g/mol. The van der Waals surface area contributed by atoms with Crippen LogP contribution in [0.4, 0.5) is 23.0 Å². The molecule has 0 spiro atoms. The van der Waals surface area contributed by atoms with Crippen LogP contribution in [-0.2, 0) is 0 Å². The Kier molecular flexibility index (Phi) is 3.76. The fraction of sp³-hybridized carbons (Fsp3) is 0.167. The first-order chi connectivity index (χ1) is 9.54. The van der Waals surface area contributed by atoms with Gasteiger partial charge in [0.2, 0.25) is 11.6 Å². The number of benzene rings is 1. The van der Waals surface area contributed by atoms with Crippen molar-refractivity contribution in [2.24, 2.45) is 5.84 Å². The van der Waals surface area contributed by atoms with Crippen molar-refractivity contribution in [3.05, 3.63) is 46.3 Å². The van der Waals surface area contributed by atoms with E-state index < -0.39 is 4.92 Å². The minimum atomic E-state index is -0.559. The number of hydrogen-bond donors (Lipinski definition) is 2. The van der Waals surface area contributed by atoms with Gasteiger partial charge in [0.05, 0.1) is 4.92 Å². The quantitative estimate of drug-likeness (QED) is 0.496. The molecular formula is C12H14N6O2. The SMILES string of the molecule is Cc1cccc(N(C)c2ncnc(NN)c2[N+](=O)[O-])c1. The van der Waals surface area contributed by atoms with Crippen molar-refractivity contribution in [2.45, 2.75) is 6.92 Å². The van der Waals surface area contributed by atoms with Gasteiger partial charge >= 0.3 is 5.69 Å². The zero-order valence-corrected chi connectivity index (χ0v) is 11.1. The lowest BCUT2D eigenvalue weighted by molar-refractivity contribution is -0.383. The second-order valence-corrected chi connectivity index (χ2v) is 4.19. The van der Waals surface area contributed by atoms with E-state index in [2.05, 4.69) is 15.4 Å². The number of aromatic nitrogens is 2. The number of nitrogens with two attached hydrogens (primary N) is 1. The highest BCUT2D eigenvalue weighted by molar-refractivity contribution is 5.75. The highest BCUT2D eigenvalue weighted by Crippen LogP contribution is 2.34. The van der Waals surface area contributed by atoms with Crippen LogP contribution in [0, 0.1) is 17.0 Å². The van der Waals surface area contributed by atoms with Crippen LogP contribution in [0.2, 0.25) is 0 Å².